The first-order valence-corrected chi connectivity index (χ1v) is 7.27. The van der Waals surface area contributed by atoms with Crippen molar-refractivity contribution >= 4 is 0 Å². The fourth-order valence-corrected chi connectivity index (χ4v) is 3.84. The zero-order chi connectivity index (χ0) is 12.4. The van der Waals surface area contributed by atoms with E-state index >= 15 is 0 Å². The second-order valence-electron chi connectivity index (χ2n) is 5.98. The van der Waals surface area contributed by atoms with Crippen LogP contribution < -0.4 is 5.32 Å². The van der Waals surface area contributed by atoms with Gasteiger partial charge in [0.2, 0.25) is 0 Å². The summed E-state index contributed by atoms with van der Waals surface area (Å²) < 4.78 is 13.4. The minimum absolute atomic E-state index is 0.0702. The highest BCUT2D eigenvalue weighted by molar-refractivity contribution is 5.17. The van der Waals surface area contributed by atoms with Crippen molar-refractivity contribution in [3.63, 3.8) is 0 Å². The van der Waals surface area contributed by atoms with Gasteiger partial charge in [-0.15, -0.1) is 0 Å². The number of hydrogen-bond acceptors (Lipinski definition) is 1. The highest BCUT2D eigenvalue weighted by Gasteiger charge is 2.38. The second kappa shape index (κ2) is 5.40. The molecule has 1 aromatic rings. The summed E-state index contributed by atoms with van der Waals surface area (Å²) in [7, 11) is 0. The van der Waals surface area contributed by atoms with Gasteiger partial charge in [0.1, 0.15) is 5.82 Å². The van der Waals surface area contributed by atoms with Crippen LogP contribution in [0.25, 0.3) is 0 Å². The Morgan fingerprint density at radius 1 is 1.17 bits per heavy atom. The zero-order valence-corrected chi connectivity index (χ0v) is 10.9. The summed E-state index contributed by atoms with van der Waals surface area (Å²) in [6.45, 7) is 2.03. The maximum Gasteiger partial charge on any atom is 0.126 e. The van der Waals surface area contributed by atoms with Gasteiger partial charge in [0.25, 0.3) is 0 Å². The van der Waals surface area contributed by atoms with Crippen LogP contribution in [0.5, 0.6) is 0 Å². The molecule has 0 aromatic heterocycles. The van der Waals surface area contributed by atoms with Gasteiger partial charge in [0.15, 0.2) is 0 Å². The molecule has 1 aromatic carbocycles. The molecule has 2 saturated carbocycles. The van der Waals surface area contributed by atoms with Gasteiger partial charge in [0.05, 0.1) is 0 Å². The van der Waals surface area contributed by atoms with E-state index < -0.39 is 0 Å². The van der Waals surface area contributed by atoms with Crippen LogP contribution in [-0.4, -0.2) is 13.1 Å². The van der Waals surface area contributed by atoms with Crippen molar-refractivity contribution in [2.75, 3.05) is 13.1 Å². The number of halogens is 1. The molecule has 3 rings (SSSR count). The van der Waals surface area contributed by atoms with Crippen LogP contribution in [0.2, 0.25) is 0 Å². The van der Waals surface area contributed by atoms with Crippen LogP contribution in [-0.2, 0) is 6.42 Å². The quantitative estimate of drug-likeness (QED) is 0.786. The van der Waals surface area contributed by atoms with E-state index in [9.17, 15) is 4.39 Å². The van der Waals surface area contributed by atoms with E-state index in [1.165, 1.54) is 25.7 Å². The SMILES string of the molecule is Fc1ccccc1CCNCC1CC2CCC1C2. The lowest BCUT2D eigenvalue weighted by atomic mass is 9.89. The third kappa shape index (κ3) is 2.59. The van der Waals surface area contributed by atoms with E-state index in [1.54, 1.807) is 12.1 Å². The number of rotatable bonds is 5. The molecule has 1 nitrogen and oxygen atoms in total. The fourth-order valence-electron chi connectivity index (χ4n) is 3.84. The second-order valence-corrected chi connectivity index (χ2v) is 5.98. The minimum Gasteiger partial charge on any atom is -0.316 e. The number of nitrogens with one attached hydrogen (secondary N) is 1. The largest absolute Gasteiger partial charge is 0.316 e. The molecular weight excluding hydrogens is 225 g/mol. The minimum atomic E-state index is -0.0702. The number of fused-ring (bicyclic) bond motifs is 2. The Morgan fingerprint density at radius 3 is 2.78 bits per heavy atom. The smallest absolute Gasteiger partial charge is 0.126 e. The third-order valence-corrected chi connectivity index (χ3v) is 4.82. The van der Waals surface area contributed by atoms with Gasteiger partial charge in [-0.3, -0.25) is 0 Å². The van der Waals surface area contributed by atoms with Crippen molar-refractivity contribution in [2.45, 2.75) is 32.1 Å². The molecule has 1 N–H and O–H groups in total. The molecule has 2 aliphatic rings. The number of hydrogen-bond donors (Lipinski definition) is 1. The topological polar surface area (TPSA) is 12.0 Å². The molecule has 3 unspecified atom stereocenters. The first-order chi connectivity index (χ1) is 8.83. The summed E-state index contributed by atoms with van der Waals surface area (Å²) in [5, 5.41) is 3.52. The Hall–Kier alpha value is -0.890. The maximum absolute atomic E-state index is 13.4. The summed E-state index contributed by atoms with van der Waals surface area (Å²) in [4.78, 5) is 0. The van der Waals surface area contributed by atoms with Crippen molar-refractivity contribution < 1.29 is 4.39 Å². The number of benzene rings is 1. The van der Waals surface area contributed by atoms with Gasteiger partial charge in [-0.05, 0) is 68.2 Å². The van der Waals surface area contributed by atoms with Crippen molar-refractivity contribution in [3.8, 4) is 0 Å². The highest BCUT2D eigenvalue weighted by Crippen LogP contribution is 2.47. The van der Waals surface area contributed by atoms with Crippen molar-refractivity contribution in [3.05, 3.63) is 35.6 Å². The Balaban J connectivity index is 1.39. The van der Waals surface area contributed by atoms with E-state index in [0.717, 1.165) is 42.8 Å². The molecular formula is C16H22FN. The standard InChI is InChI=1S/C16H22FN/c17-16-4-2-1-3-13(16)7-8-18-11-15-10-12-5-6-14(15)9-12/h1-4,12,14-15,18H,5-11H2. The van der Waals surface area contributed by atoms with Gasteiger partial charge in [-0.1, -0.05) is 24.6 Å². The average Bonchev–Trinajstić information content (AvgIpc) is 2.99. The molecule has 2 fully saturated rings. The van der Waals surface area contributed by atoms with E-state index in [-0.39, 0.29) is 5.82 Å². The van der Waals surface area contributed by atoms with Crippen LogP contribution >= 0.6 is 0 Å². The first kappa shape index (κ1) is 12.2. The summed E-state index contributed by atoms with van der Waals surface area (Å²) in [5.41, 5.74) is 0.831. The predicted molar refractivity (Wildman–Crippen MR) is 71.9 cm³/mol. The third-order valence-electron chi connectivity index (χ3n) is 4.82. The molecule has 3 atom stereocenters. The summed E-state index contributed by atoms with van der Waals surface area (Å²) in [6, 6.07) is 7.09. The maximum atomic E-state index is 13.4. The molecule has 0 amide bonds. The van der Waals surface area contributed by atoms with Crippen LogP contribution in [0.4, 0.5) is 4.39 Å². The zero-order valence-electron chi connectivity index (χ0n) is 10.9. The van der Waals surface area contributed by atoms with E-state index in [2.05, 4.69) is 5.32 Å². The van der Waals surface area contributed by atoms with Gasteiger partial charge in [0, 0.05) is 0 Å². The Morgan fingerprint density at radius 2 is 2.06 bits per heavy atom. The monoisotopic (exact) mass is 247 g/mol. The van der Waals surface area contributed by atoms with E-state index in [4.69, 9.17) is 0 Å². The van der Waals surface area contributed by atoms with E-state index in [0.29, 0.717) is 0 Å². The summed E-state index contributed by atoms with van der Waals surface area (Å²) in [6.07, 6.45) is 6.62. The first-order valence-electron chi connectivity index (χ1n) is 7.27. The van der Waals surface area contributed by atoms with Crippen LogP contribution in [0, 0.1) is 23.6 Å². The summed E-state index contributed by atoms with van der Waals surface area (Å²) >= 11 is 0. The van der Waals surface area contributed by atoms with Crippen molar-refractivity contribution in [2.24, 2.45) is 17.8 Å². The Kier molecular flexibility index (Phi) is 3.64. The molecule has 18 heavy (non-hydrogen) atoms. The fraction of sp³-hybridized carbons (Fsp3) is 0.625. The van der Waals surface area contributed by atoms with Crippen LogP contribution in [0.3, 0.4) is 0 Å². The predicted octanol–water partition coefficient (Wildman–Crippen LogP) is 3.39. The molecule has 98 valence electrons. The Labute approximate surface area is 109 Å². The molecule has 2 aliphatic carbocycles. The lowest BCUT2D eigenvalue weighted by Crippen LogP contribution is -2.28. The van der Waals surface area contributed by atoms with Crippen LogP contribution in [0.1, 0.15) is 31.2 Å². The van der Waals surface area contributed by atoms with Crippen molar-refractivity contribution in [1.82, 2.24) is 5.32 Å². The van der Waals surface area contributed by atoms with Gasteiger partial charge in [-0.25, -0.2) is 4.39 Å². The van der Waals surface area contributed by atoms with Gasteiger partial charge < -0.3 is 5.32 Å². The highest BCUT2D eigenvalue weighted by atomic mass is 19.1. The average molecular weight is 247 g/mol. The summed E-state index contributed by atoms with van der Waals surface area (Å²) in [5.74, 6) is 2.83. The molecule has 0 saturated heterocycles. The lowest BCUT2D eigenvalue weighted by Gasteiger charge is -2.21. The molecule has 0 aliphatic heterocycles. The molecule has 0 spiro atoms. The molecule has 0 radical (unpaired) electrons. The van der Waals surface area contributed by atoms with Gasteiger partial charge >= 0.3 is 0 Å². The Bertz CT molecular complexity index is 404. The van der Waals surface area contributed by atoms with Crippen LogP contribution in [0.15, 0.2) is 24.3 Å². The van der Waals surface area contributed by atoms with E-state index in [1.807, 2.05) is 12.1 Å². The molecule has 0 heterocycles. The molecule has 2 heteroatoms. The van der Waals surface area contributed by atoms with Gasteiger partial charge in [-0.2, -0.15) is 0 Å². The van der Waals surface area contributed by atoms with Crippen molar-refractivity contribution in [1.29, 1.82) is 0 Å². The normalized spacial score (nSPS) is 29.9. The lowest BCUT2D eigenvalue weighted by molar-refractivity contribution is 0.319. The molecule has 2 bridgehead atoms.